The first-order chi connectivity index (χ1) is 23.8. The number of halogens is 2. The number of allylic oxidation sites excluding steroid dienone is 2. The minimum Gasteiger partial charge on any atom is -0.382 e. The number of alkyl halides is 2. The molecule has 22 nitrogen and oxygen atoms in total. The summed E-state index contributed by atoms with van der Waals surface area (Å²) in [5.41, 5.74) is 13.3. The monoisotopic (exact) mass is 918 g/mol. The van der Waals surface area contributed by atoms with Crippen LogP contribution in [0.4, 0.5) is 11.6 Å². The van der Waals surface area contributed by atoms with Crippen molar-refractivity contribution in [3.63, 3.8) is 0 Å². The Morgan fingerprint density at radius 3 is 1.47 bits per heavy atom. The van der Waals surface area contributed by atoms with Gasteiger partial charge in [0.05, 0.1) is 36.9 Å². The average molecular weight is 920 g/mol. The first kappa shape index (κ1) is 38.5. The van der Waals surface area contributed by atoms with Crippen LogP contribution in [0.1, 0.15) is 24.9 Å². The van der Waals surface area contributed by atoms with Crippen molar-refractivity contribution in [2.24, 2.45) is 0 Å². The number of anilines is 2. The molecule has 8 atom stereocenters. The maximum atomic E-state index is 13.1. The van der Waals surface area contributed by atoms with Gasteiger partial charge in [0.15, 0.2) is 22.9 Å². The van der Waals surface area contributed by atoms with Crippen molar-refractivity contribution in [1.29, 1.82) is 0 Å². The topological polar surface area (TPSA) is 325 Å². The molecule has 0 saturated heterocycles. The lowest BCUT2D eigenvalue weighted by Gasteiger charge is -2.31. The lowest BCUT2D eigenvalue weighted by atomic mass is 10.2. The van der Waals surface area contributed by atoms with Crippen LogP contribution >= 0.6 is 62.2 Å². The van der Waals surface area contributed by atoms with E-state index >= 15 is 0 Å². The van der Waals surface area contributed by atoms with Gasteiger partial charge in [-0.25, -0.2) is 38.5 Å². The average Bonchev–Trinajstić information content (AvgIpc) is 3.84. The molecule has 276 valence electrons. The molecule has 8 N–H and O–H groups in total. The fourth-order valence-electron chi connectivity index (χ4n) is 5.21. The zero-order valence-electron chi connectivity index (χ0n) is 25.6. The van der Waals surface area contributed by atoms with Crippen molar-refractivity contribution in [2.75, 3.05) is 24.2 Å². The van der Waals surface area contributed by atoms with Gasteiger partial charge in [-0.05, 0) is 31.9 Å². The lowest BCUT2D eigenvalue weighted by Crippen LogP contribution is -2.18. The standard InChI is InChI=1S/C23H28Br2N10O12P4/c24-23(25,50(40,41)46-48(36,37)11-44-15-3-1-13(5-15)34-9-32-17-19(26)28-7-30-21(17)34)51(42,43)47-49(38,39)12-45-16-4-2-14(6-16)35-10-33-18-20(27)29-8-31-22(18)35/h1-4,7-10,13-16H,5-6,11-12H2,(H,36,37)(H,38,39)(H,40,41)(H,42,43)(H2,26,28,30)(H2,27,29,31)/t13-,14-,15+,16+/m0/s1. The van der Waals surface area contributed by atoms with Gasteiger partial charge in [0.1, 0.15) is 36.4 Å². The quantitative estimate of drug-likeness (QED) is 0.0596. The van der Waals surface area contributed by atoms with E-state index in [-0.39, 0.29) is 36.6 Å². The Morgan fingerprint density at radius 2 is 1.08 bits per heavy atom. The number of nitrogen functional groups attached to an aromatic ring is 2. The third-order valence-electron chi connectivity index (χ3n) is 7.59. The first-order valence-electron chi connectivity index (χ1n) is 14.3. The molecule has 2 aliphatic rings. The molecule has 4 aromatic rings. The molecule has 2 aliphatic carbocycles. The Morgan fingerprint density at radius 1 is 0.686 bits per heavy atom. The van der Waals surface area contributed by atoms with Crippen LogP contribution in [0, 0.1) is 0 Å². The number of hydrogen-bond donors (Lipinski definition) is 6. The highest BCUT2D eigenvalue weighted by atomic mass is 79.9. The van der Waals surface area contributed by atoms with E-state index in [0.29, 0.717) is 22.3 Å². The summed E-state index contributed by atoms with van der Waals surface area (Å²) in [5.74, 6) is 0.365. The molecule has 4 unspecified atom stereocenters. The Balaban J connectivity index is 1.02. The molecule has 0 aromatic carbocycles. The molecule has 0 saturated carbocycles. The van der Waals surface area contributed by atoms with Crippen LogP contribution < -0.4 is 11.5 Å². The Labute approximate surface area is 303 Å². The van der Waals surface area contributed by atoms with E-state index < -0.39 is 58.0 Å². The van der Waals surface area contributed by atoms with Gasteiger partial charge in [0.25, 0.3) is 2.72 Å². The van der Waals surface area contributed by atoms with E-state index in [1.54, 1.807) is 33.4 Å². The van der Waals surface area contributed by atoms with Crippen molar-refractivity contribution < 1.29 is 55.9 Å². The van der Waals surface area contributed by atoms with E-state index in [4.69, 9.17) is 20.9 Å². The largest absolute Gasteiger partial charge is 0.382 e. The Hall–Kier alpha value is -2.26. The number of rotatable bonds is 14. The third-order valence-corrected chi connectivity index (χ3v) is 20.6. The van der Waals surface area contributed by atoms with Crippen molar-refractivity contribution in [3.05, 3.63) is 49.6 Å². The number of nitrogens with zero attached hydrogens (tertiary/aromatic N) is 8. The lowest BCUT2D eigenvalue weighted by molar-refractivity contribution is 0.102. The smallest absolute Gasteiger partial charge is 0.375 e. The van der Waals surface area contributed by atoms with Crippen molar-refractivity contribution >= 4 is 96.2 Å². The van der Waals surface area contributed by atoms with Crippen LogP contribution in [0.25, 0.3) is 22.3 Å². The summed E-state index contributed by atoms with van der Waals surface area (Å²) in [6.45, 7) is 0. The van der Waals surface area contributed by atoms with Gasteiger partial charge in [-0.2, -0.15) is 0 Å². The van der Waals surface area contributed by atoms with Gasteiger partial charge in [0.2, 0.25) is 0 Å². The van der Waals surface area contributed by atoms with E-state index in [1.807, 2.05) is 0 Å². The maximum Gasteiger partial charge on any atom is 0.375 e. The second-order valence-corrected chi connectivity index (χ2v) is 25.2. The number of nitrogens with two attached hydrogens (primary N) is 2. The molecular formula is C23H28Br2N10O12P4. The first-order valence-corrected chi connectivity index (χ1v) is 22.6. The Bertz CT molecular complexity index is 2080. The normalized spacial score (nSPS) is 25.5. The van der Waals surface area contributed by atoms with Crippen LogP contribution in [-0.4, -0.2) is 86.2 Å². The molecule has 51 heavy (non-hydrogen) atoms. The van der Waals surface area contributed by atoms with Crippen molar-refractivity contribution in [2.45, 2.75) is 39.8 Å². The van der Waals surface area contributed by atoms with Crippen LogP contribution in [0.5, 0.6) is 0 Å². The summed E-state index contributed by atoms with van der Waals surface area (Å²) >= 11 is 4.98. The zero-order chi connectivity index (χ0) is 37.0. The maximum absolute atomic E-state index is 13.1. The molecule has 4 heterocycles. The Kier molecular flexibility index (Phi) is 10.7. The van der Waals surface area contributed by atoms with E-state index in [9.17, 15) is 37.8 Å². The molecular weight excluding hydrogens is 892 g/mol. The highest BCUT2D eigenvalue weighted by Crippen LogP contribution is 2.85. The van der Waals surface area contributed by atoms with Crippen molar-refractivity contribution in [3.8, 4) is 0 Å². The number of ether oxygens (including phenoxy) is 2. The minimum absolute atomic E-state index is 0.182. The highest BCUT2D eigenvalue weighted by Gasteiger charge is 2.64. The molecule has 28 heteroatoms. The number of aromatic nitrogens is 8. The molecule has 0 radical (unpaired) electrons. The summed E-state index contributed by atoms with van der Waals surface area (Å²) in [7, 11) is -21.8. The predicted molar refractivity (Wildman–Crippen MR) is 187 cm³/mol. The molecule has 0 amide bonds. The van der Waals surface area contributed by atoms with Gasteiger partial charge < -0.3 is 49.6 Å². The molecule has 0 spiro atoms. The fourth-order valence-corrected chi connectivity index (χ4v) is 14.2. The van der Waals surface area contributed by atoms with Gasteiger partial charge in [-0.3, -0.25) is 18.3 Å². The van der Waals surface area contributed by atoms with Gasteiger partial charge in [-0.15, -0.1) is 0 Å². The molecule has 6 rings (SSSR count). The van der Waals surface area contributed by atoms with E-state index in [0.717, 1.165) is 0 Å². The van der Waals surface area contributed by atoms with Gasteiger partial charge >= 0.3 is 30.4 Å². The van der Waals surface area contributed by atoms with Gasteiger partial charge in [0, 0.05) is 12.8 Å². The second kappa shape index (κ2) is 14.2. The van der Waals surface area contributed by atoms with E-state index in [2.05, 4.69) is 70.4 Å². The molecule has 4 aromatic heterocycles. The zero-order valence-corrected chi connectivity index (χ0v) is 32.3. The van der Waals surface area contributed by atoms with Crippen LogP contribution in [-0.2, 0) is 36.4 Å². The summed E-state index contributed by atoms with van der Waals surface area (Å²) in [6.07, 6.45) is 8.81. The molecule has 0 fully saturated rings. The second-order valence-electron chi connectivity index (χ2n) is 11.2. The molecule has 0 aliphatic heterocycles. The number of imidazole rings is 2. The number of hydrogen-bond acceptors (Lipinski definition) is 16. The summed E-state index contributed by atoms with van der Waals surface area (Å²) in [6, 6.07) is -0.688. The minimum atomic E-state index is -5.74. The third kappa shape index (κ3) is 8.00. The van der Waals surface area contributed by atoms with Crippen LogP contribution in [0.2, 0.25) is 0 Å². The summed E-state index contributed by atoms with van der Waals surface area (Å²) in [4.78, 5) is 66.3. The molecule has 0 bridgehead atoms. The SMILES string of the molecule is Nc1ncnc2c1ncn2[C@H]1C=C[C@@H](OCP(=O)(O)OP(=O)(O)C(Br)(Br)P(=O)(O)OP(=O)(O)CO[C@@H]2C=C[C@H](n3cnc4c(N)ncnc43)C2)C1. The van der Waals surface area contributed by atoms with Crippen LogP contribution in [0.15, 0.2) is 49.6 Å². The van der Waals surface area contributed by atoms with E-state index in [1.165, 1.54) is 25.3 Å². The van der Waals surface area contributed by atoms with Crippen molar-refractivity contribution in [1.82, 2.24) is 39.0 Å². The van der Waals surface area contributed by atoms with Gasteiger partial charge in [-0.1, -0.05) is 24.3 Å². The van der Waals surface area contributed by atoms with Crippen LogP contribution in [0.3, 0.4) is 0 Å². The number of fused-ring (bicyclic) bond motifs is 2. The summed E-state index contributed by atoms with van der Waals surface area (Å²) < 4.78 is 72.0. The summed E-state index contributed by atoms with van der Waals surface area (Å²) in [5, 5.41) is 0. The fraction of sp³-hybridized carbons (Fsp3) is 0.391. The predicted octanol–water partition coefficient (Wildman–Crippen LogP) is 3.69. The highest BCUT2D eigenvalue weighted by molar-refractivity contribution is 9.29.